The summed E-state index contributed by atoms with van der Waals surface area (Å²) < 4.78 is 5.44. The van der Waals surface area contributed by atoms with Gasteiger partial charge >= 0.3 is 11.9 Å². The van der Waals surface area contributed by atoms with Crippen LogP contribution in [0, 0.1) is 0 Å². The van der Waals surface area contributed by atoms with Gasteiger partial charge in [0.25, 0.3) is 0 Å². The smallest absolute Gasteiger partial charge is 0.275 e. The summed E-state index contributed by atoms with van der Waals surface area (Å²) in [7, 11) is 8.70. The summed E-state index contributed by atoms with van der Waals surface area (Å²) in [5, 5.41) is 0. The van der Waals surface area contributed by atoms with Crippen LogP contribution in [0.4, 0.5) is 0 Å². The Morgan fingerprint density at radius 1 is 0.359 bits per heavy atom. The number of likely N-dealkylation sites (N-methyl/N-ethyl adjacent to an activating group) is 4. The molecule has 0 bridgehead atoms. The van der Waals surface area contributed by atoms with Crippen molar-refractivity contribution >= 4 is 11.9 Å². The monoisotopic (exact) mass is 514 g/mol. The molecule has 2 aliphatic heterocycles. The highest BCUT2D eigenvalue weighted by atomic mass is 15.5. The molecule has 2 aliphatic rings. The van der Waals surface area contributed by atoms with Crippen LogP contribution in [0.5, 0.6) is 0 Å². The first-order valence-electron chi connectivity index (χ1n) is 13.6. The number of nitrogens with zero attached hydrogens (tertiary/aromatic N) is 5. The van der Waals surface area contributed by atoms with E-state index in [0.717, 1.165) is 11.9 Å². The standard InChI is InChI=1S/C34H36N5/c1-36-29(25-17-9-5-10-18-25)30(26-19-11-6-12-20-26)37(2)33(36)35-34-38(3)31(27-21-13-7-14-22-27)32(39(34)4)28-23-15-8-16-24-28/h5-24,29-32H,1-4H3/q+1. The van der Waals surface area contributed by atoms with E-state index >= 15 is 0 Å². The maximum atomic E-state index is 5.44. The van der Waals surface area contributed by atoms with E-state index in [0.29, 0.717) is 0 Å². The molecule has 2 fully saturated rings. The highest BCUT2D eigenvalue weighted by Gasteiger charge is 2.50. The van der Waals surface area contributed by atoms with Gasteiger partial charge in [0.15, 0.2) is 0 Å². The Bertz CT molecular complexity index is 1250. The second-order valence-electron chi connectivity index (χ2n) is 10.6. The summed E-state index contributed by atoms with van der Waals surface area (Å²) in [5.74, 6) is 1.93. The van der Waals surface area contributed by atoms with Gasteiger partial charge in [-0.05, 0) is 22.3 Å². The van der Waals surface area contributed by atoms with E-state index in [9.17, 15) is 0 Å². The van der Waals surface area contributed by atoms with Crippen LogP contribution in [-0.4, -0.2) is 59.7 Å². The summed E-state index contributed by atoms with van der Waals surface area (Å²) in [6.07, 6.45) is 0. The molecule has 0 spiro atoms. The van der Waals surface area contributed by atoms with Crippen molar-refractivity contribution in [3.63, 3.8) is 0 Å². The second kappa shape index (κ2) is 10.4. The molecule has 0 N–H and O–H groups in total. The van der Waals surface area contributed by atoms with Crippen molar-refractivity contribution in [1.82, 2.24) is 24.3 Å². The van der Waals surface area contributed by atoms with Gasteiger partial charge in [-0.3, -0.25) is 19.6 Å². The normalized spacial score (nSPS) is 23.0. The third-order valence-corrected chi connectivity index (χ3v) is 8.29. The molecule has 4 aromatic rings. The van der Waals surface area contributed by atoms with Crippen LogP contribution in [0.3, 0.4) is 0 Å². The summed E-state index contributed by atoms with van der Waals surface area (Å²) in [6, 6.07) is 43.8. The van der Waals surface area contributed by atoms with Gasteiger partial charge in [-0.1, -0.05) is 121 Å². The Labute approximate surface area is 232 Å². The fourth-order valence-corrected chi connectivity index (χ4v) is 6.47. The average Bonchev–Trinajstić information content (AvgIpc) is 3.39. The Balaban J connectivity index is 1.51. The number of rotatable bonds is 4. The van der Waals surface area contributed by atoms with Crippen LogP contribution in [0.1, 0.15) is 46.4 Å². The first-order valence-corrected chi connectivity index (χ1v) is 13.6. The van der Waals surface area contributed by atoms with Gasteiger partial charge in [0.05, 0.1) is 0 Å². The predicted octanol–water partition coefficient (Wildman–Crippen LogP) is 5.49. The third-order valence-electron chi connectivity index (χ3n) is 8.29. The maximum absolute atomic E-state index is 5.44. The zero-order valence-corrected chi connectivity index (χ0v) is 23.1. The van der Waals surface area contributed by atoms with Gasteiger partial charge in [-0.25, -0.2) is 4.67 Å². The van der Waals surface area contributed by atoms with Gasteiger partial charge in [0, 0.05) is 28.2 Å². The number of benzene rings is 4. The zero-order chi connectivity index (χ0) is 26.9. The van der Waals surface area contributed by atoms with Crippen molar-refractivity contribution in [1.29, 1.82) is 0 Å². The zero-order valence-electron chi connectivity index (χ0n) is 23.1. The summed E-state index contributed by atoms with van der Waals surface area (Å²) in [5.41, 5.74) is 5.14. The van der Waals surface area contributed by atoms with E-state index in [2.05, 4.69) is 169 Å². The van der Waals surface area contributed by atoms with Crippen molar-refractivity contribution in [2.45, 2.75) is 24.2 Å². The topological polar surface area (TPSA) is 27.1 Å². The van der Waals surface area contributed by atoms with Crippen molar-refractivity contribution in [3.05, 3.63) is 144 Å². The first kappa shape index (κ1) is 24.8. The molecule has 0 aromatic heterocycles. The predicted molar refractivity (Wildman–Crippen MR) is 160 cm³/mol. The van der Waals surface area contributed by atoms with Crippen molar-refractivity contribution < 1.29 is 0 Å². The minimum absolute atomic E-state index is 0.143. The lowest BCUT2D eigenvalue weighted by Crippen LogP contribution is -2.38. The van der Waals surface area contributed by atoms with E-state index in [-0.39, 0.29) is 24.2 Å². The minimum atomic E-state index is 0.143. The Kier molecular flexibility index (Phi) is 6.60. The molecule has 0 saturated carbocycles. The molecular weight excluding hydrogens is 478 g/mol. The highest BCUT2D eigenvalue weighted by molar-refractivity contribution is 5.91. The van der Waals surface area contributed by atoms with Gasteiger partial charge in [0.2, 0.25) is 0 Å². The number of hydrogen-bond donors (Lipinski definition) is 0. The summed E-state index contributed by atoms with van der Waals surface area (Å²) in [4.78, 5) is 9.37. The second-order valence-corrected chi connectivity index (χ2v) is 10.6. The quantitative estimate of drug-likeness (QED) is 0.337. The van der Waals surface area contributed by atoms with Crippen LogP contribution in [-0.2, 0) is 0 Å². The lowest BCUT2D eigenvalue weighted by Gasteiger charge is -2.23. The first-order chi connectivity index (χ1) is 19.1. The largest absolute Gasteiger partial charge is 0.374 e. The summed E-state index contributed by atoms with van der Waals surface area (Å²) >= 11 is 0. The van der Waals surface area contributed by atoms with Crippen LogP contribution >= 0.6 is 0 Å². The Hall–Kier alpha value is -4.47. The number of guanidine groups is 2. The van der Waals surface area contributed by atoms with Crippen molar-refractivity contribution in [2.24, 2.45) is 0 Å². The van der Waals surface area contributed by atoms with Crippen LogP contribution in [0.2, 0.25) is 0 Å². The van der Waals surface area contributed by atoms with Gasteiger partial charge < -0.3 is 0 Å². The van der Waals surface area contributed by atoms with Crippen LogP contribution < -0.4 is 4.67 Å². The average molecular weight is 515 g/mol. The van der Waals surface area contributed by atoms with Crippen LogP contribution in [0.25, 0.3) is 0 Å². The van der Waals surface area contributed by atoms with E-state index in [1.54, 1.807) is 0 Å². The molecule has 2 saturated heterocycles. The highest BCUT2D eigenvalue weighted by Crippen LogP contribution is 2.44. The molecule has 6 rings (SSSR count). The molecule has 39 heavy (non-hydrogen) atoms. The van der Waals surface area contributed by atoms with E-state index in [1.165, 1.54) is 22.3 Å². The van der Waals surface area contributed by atoms with Gasteiger partial charge in [-0.15, -0.1) is 0 Å². The van der Waals surface area contributed by atoms with E-state index in [1.807, 2.05) is 0 Å². The van der Waals surface area contributed by atoms with E-state index < -0.39 is 0 Å². The molecule has 196 valence electrons. The number of hydrogen-bond acceptors (Lipinski definition) is 0. The fourth-order valence-electron chi connectivity index (χ4n) is 6.47. The van der Waals surface area contributed by atoms with Gasteiger partial charge in [-0.2, -0.15) is 0 Å². The molecule has 5 heteroatoms. The fraction of sp³-hybridized carbons (Fsp3) is 0.235. The lowest BCUT2D eigenvalue weighted by molar-refractivity contribution is 0.316. The third kappa shape index (κ3) is 4.35. The lowest BCUT2D eigenvalue weighted by atomic mass is 9.93. The SMILES string of the molecule is CN1C(=[N+]=C2N(C)C(c3ccccc3)C(c3ccccc3)N2C)N(C)C(c2ccccc2)C1c1ccccc1. The molecule has 4 unspecified atom stereocenters. The van der Waals surface area contributed by atoms with Crippen molar-refractivity contribution in [3.8, 4) is 0 Å². The van der Waals surface area contributed by atoms with Gasteiger partial charge in [0.1, 0.15) is 24.2 Å². The maximum Gasteiger partial charge on any atom is 0.374 e. The molecular formula is C34H36N5+. The molecule has 5 nitrogen and oxygen atoms in total. The van der Waals surface area contributed by atoms with E-state index in [4.69, 9.17) is 4.67 Å². The Morgan fingerprint density at radius 3 is 0.769 bits per heavy atom. The minimum Gasteiger partial charge on any atom is -0.275 e. The molecule has 0 radical (unpaired) electrons. The summed E-state index contributed by atoms with van der Waals surface area (Å²) in [6.45, 7) is 0. The molecule has 4 atom stereocenters. The molecule has 4 aromatic carbocycles. The molecule has 2 heterocycles. The van der Waals surface area contributed by atoms with Crippen molar-refractivity contribution in [2.75, 3.05) is 28.2 Å². The molecule has 0 amide bonds. The molecule has 0 aliphatic carbocycles. The van der Waals surface area contributed by atoms with Crippen LogP contribution in [0.15, 0.2) is 121 Å². The Morgan fingerprint density at radius 2 is 0.564 bits per heavy atom.